The summed E-state index contributed by atoms with van der Waals surface area (Å²) in [6.45, 7) is 0. The third kappa shape index (κ3) is 5.03. The predicted molar refractivity (Wildman–Crippen MR) is 78.3 cm³/mol. The Hall–Kier alpha value is -0.454. The molecule has 6 nitrogen and oxygen atoms in total. The van der Waals surface area contributed by atoms with Crippen LogP contribution in [0.3, 0.4) is 0 Å². The molecule has 0 radical (unpaired) electrons. The normalized spacial score (nSPS) is 11.8. The molecule has 0 unspecified atom stereocenters. The molecule has 0 bridgehead atoms. The molecule has 0 saturated carbocycles. The Balaban J connectivity index is 0.00000242. The van der Waals surface area contributed by atoms with Gasteiger partial charge in [0.05, 0.1) is 11.4 Å². The van der Waals surface area contributed by atoms with Gasteiger partial charge in [-0.3, -0.25) is 9.55 Å². The smallest absolute Gasteiger partial charge is 0.858 e. The van der Waals surface area contributed by atoms with Crippen LogP contribution in [0, 0.1) is 0 Å². The van der Waals surface area contributed by atoms with Crippen LogP contribution in [0.25, 0.3) is 0 Å². The summed E-state index contributed by atoms with van der Waals surface area (Å²) in [5, 5.41) is 12.3. The molecule has 0 heterocycles. The minimum Gasteiger partial charge on any atom is -0.858 e. The number of nitrogens with zero attached hydrogens (tertiary/aromatic N) is 1. The van der Waals surface area contributed by atoms with Crippen molar-refractivity contribution in [3.8, 4) is 0 Å². The molecule has 9 heteroatoms. The molecule has 0 aliphatic carbocycles. The maximum atomic E-state index is 11.9. The summed E-state index contributed by atoms with van der Waals surface area (Å²) in [7, 11) is -4.41. The monoisotopic (exact) mass is 364 g/mol. The van der Waals surface area contributed by atoms with Crippen molar-refractivity contribution < 1.29 is 69.5 Å². The predicted octanol–water partition coefficient (Wildman–Crippen LogP) is -1.39. The summed E-state index contributed by atoms with van der Waals surface area (Å²) in [6.07, 6.45) is 0. The van der Waals surface area contributed by atoms with E-state index < -0.39 is 20.9 Å². The van der Waals surface area contributed by atoms with E-state index in [1.54, 1.807) is 18.2 Å². The topological polar surface area (TPSA) is 116 Å². The number of nitrogen functional groups attached to an aromatic ring is 1. The van der Waals surface area contributed by atoms with E-state index in [9.17, 15) is 13.5 Å². The third-order valence-electron chi connectivity index (χ3n) is 2.57. The summed E-state index contributed by atoms with van der Waals surface area (Å²) in [5.74, 6) is -0.545. The second kappa shape index (κ2) is 7.89. The molecule has 3 N–H and O–H groups in total. The first-order valence-corrected chi connectivity index (χ1v) is 7.48. The van der Waals surface area contributed by atoms with E-state index in [0.717, 1.165) is 6.07 Å². The molecule has 2 aromatic carbocycles. The van der Waals surface area contributed by atoms with Crippen LogP contribution in [-0.4, -0.2) is 18.9 Å². The Labute approximate surface area is 175 Å². The zero-order chi connectivity index (χ0) is 15.6. The van der Waals surface area contributed by atoms with E-state index in [2.05, 4.69) is 4.99 Å². The summed E-state index contributed by atoms with van der Waals surface area (Å²) < 4.78 is 31.0. The van der Waals surface area contributed by atoms with Gasteiger partial charge in [-0.05, 0) is 41.8 Å². The quantitative estimate of drug-likeness (QED) is 0.229. The van der Waals surface area contributed by atoms with E-state index in [1.165, 1.54) is 18.2 Å². The van der Waals surface area contributed by atoms with Gasteiger partial charge in [0.25, 0.3) is 10.1 Å². The van der Waals surface area contributed by atoms with Gasteiger partial charge in [0.2, 0.25) is 0 Å². The molecule has 110 valence electrons. The van der Waals surface area contributed by atoms with Crippen LogP contribution in [0.2, 0.25) is 5.02 Å². The third-order valence-corrected chi connectivity index (χ3v) is 3.74. The molecular formula is C13H10ClKN2O4S. The molecule has 2 rings (SSSR count). The number of anilines is 1. The van der Waals surface area contributed by atoms with E-state index in [-0.39, 0.29) is 62.8 Å². The minimum atomic E-state index is -4.41. The number of hydrogen-bond acceptors (Lipinski definition) is 5. The number of rotatable bonds is 3. The van der Waals surface area contributed by atoms with Crippen molar-refractivity contribution >= 4 is 39.0 Å². The fraction of sp³-hybridized carbons (Fsp3) is 0. The Morgan fingerprint density at radius 3 is 2.45 bits per heavy atom. The maximum Gasteiger partial charge on any atom is 1.00 e. The van der Waals surface area contributed by atoms with Crippen LogP contribution in [0.5, 0.6) is 0 Å². The van der Waals surface area contributed by atoms with E-state index >= 15 is 0 Å². The largest absolute Gasteiger partial charge is 1.00 e. The first-order valence-electron chi connectivity index (χ1n) is 5.66. The van der Waals surface area contributed by atoms with Crippen LogP contribution < -0.4 is 62.2 Å². The molecule has 22 heavy (non-hydrogen) atoms. The first-order chi connectivity index (χ1) is 9.77. The molecule has 0 aliphatic rings. The van der Waals surface area contributed by atoms with Gasteiger partial charge in [-0.1, -0.05) is 23.7 Å². The zero-order valence-corrected chi connectivity index (χ0v) is 16.2. The second-order valence-electron chi connectivity index (χ2n) is 4.12. The molecule has 0 saturated heterocycles. The van der Waals surface area contributed by atoms with Crippen molar-refractivity contribution in [2.75, 3.05) is 5.73 Å². The number of benzene rings is 2. The zero-order valence-electron chi connectivity index (χ0n) is 11.5. The van der Waals surface area contributed by atoms with Gasteiger partial charge in [-0.25, -0.2) is 0 Å². The van der Waals surface area contributed by atoms with E-state index in [0.29, 0.717) is 10.6 Å². The van der Waals surface area contributed by atoms with Crippen LogP contribution in [-0.2, 0) is 10.1 Å². The van der Waals surface area contributed by atoms with Crippen molar-refractivity contribution in [2.24, 2.45) is 4.99 Å². The van der Waals surface area contributed by atoms with Gasteiger partial charge in [0, 0.05) is 5.02 Å². The van der Waals surface area contributed by atoms with Gasteiger partial charge in [0.1, 0.15) is 4.90 Å². The van der Waals surface area contributed by atoms with Gasteiger partial charge in [0.15, 0.2) is 0 Å². The van der Waals surface area contributed by atoms with Gasteiger partial charge < -0.3 is 10.8 Å². The fourth-order valence-corrected chi connectivity index (χ4v) is 2.43. The summed E-state index contributed by atoms with van der Waals surface area (Å²) in [5.41, 5.74) is 5.78. The van der Waals surface area contributed by atoms with Crippen LogP contribution in [0.4, 0.5) is 11.4 Å². The number of aliphatic imine (C=N–C) groups is 1. The molecule has 0 atom stereocenters. The summed E-state index contributed by atoms with van der Waals surface area (Å²) in [6, 6.07) is 9.78. The number of hydrogen-bond donors (Lipinski definition) is 2. The Kier molecular flexibility index (Phi) is 7.02. The standard InChI is InChI=1S/C13H11ClN2O4S.K/c14-9-3-1-2-8(6-9)13(17)16-10-4-5-12(11(15)7-10)21(18,19)20;/h1-7H,15H2,(H,16,17)(H,18,19,20);/q;+1/p-1. The van der Waals surface area contributed by atoms with Gasteiger partial charge >= 0.3 is 51.4 Å². The number of nitrogens with two attached hydrogens (primary N) is 1. The number of halogens is 1. The molecular weight excluding hydrogens is 355 g/mol. The van der Waals surface area contributed by atoms with Crippen molar-refractivity contribution in [2.45, 2.75) is 4.90 Å². The maximum absolute atomic E-state index is 11.9. The van der Waals surface area contributed by atoms with Gasteiger partial charge in [-0.2, -0.15) is 8.42 Å². The SMILES string of the molecule is Nc1cc(N=C([O-])c2cccc(Cl)c2)ccc1S(=O)(=O)O.[K+]. The average Bonchev–Trinajstić information content (AvgIpc) is 2.37. The van der Waals surface area contributed by atoms with E-state index in [1.807, 2.05) is 0 Å². The molecule has 2 aromatic rings. The van der Waals surface area contributed by atoms with Gasteiger partial charge in [-0.15, -0.1) is 0 Å². The minimum absolute atomic E-state index is 0. The van der Waals surface area contributed by atoms with Crippen molar-refractivity contribution in [3.63, 3.8) is 0 Å². The molecule has 0 spiro atoms. The molecule has 0 aromatic heterocycles. The summed E-state index contributed by atoms with van der Waals surface area (Å²) in [4.78, 5) is 3.37. The molecule has 0 amide bonds. The Morgan fingerprint density at radius 2 is 1.91 bits per heavy atom. The van der Waals surface area contributed by atoms with Crippen molar-refractivity contribution in [1.82, 2.24) is 0 Å². The fourth-order valence-electron chi connectivity index (χ4n) is 1.64. The van der Waals surface area contributed by atoms with E-state index in [4.69, 9.17) is 21.9 Å². The summed E-state index contributed by atoms with van der Waals surface area (Å²) >= 11 is 5.78. The Morgan fingerprint density at radius 1 is 1.23 bits per heavy atom. The Bertz CT molecular complexity index is 825. The van der Waals surface area contributed by atoms with Crippen LogP contribution >= 0.6 is 11.6 Å². The van der Waals surface area contributed by atoms with Crippen LogP contribution in [0.1, 0.15) is 5.56 Å². The van der Waals surface area contributed by atoms with Crippen LogP contribution in [0.15, 0.2) is 52.4 Å². The van der Waals surface area contributed by atoms with Crippen molar-refractivity contribution in [3.05, 3.63) is 53.1 Å². The molecule has 0 fully saturated rings. The first kappa shape index (κ1) is 19.6. The van der Waals surface area contributed by atoms with Crippen molar-refractivity contribution in [1.29, 1.82) is 0 Å². The average molecular weight is 365 g/mol. The second-order valence-corrected chi connectivity index (χ2v) is 5.95. The molecule has 0 aliphatic heterocycles.